The standard InChI is InChI=1S/C17H35N3/c1-4-9-18-14-17(3,5-2)15-19-10-7-12-20-11-6-8-16(20)13-19/h16,18H,4-15H2,1-3H3. The molecule has 0 aromatic heterocycles. The van der Waals surface area contributed by atoms with Gasteiger partial charge in [-0.05, 0) is 63.7 Å². The highest BCUT2D eigenvalue weighted by Gasteiger charge is 2.31. The molecular formula is C17H35N3. The third-order valence-electron chi connectivity index (χ3n) is 5.33. The Labute approximate surface area is 126 Å². The first kappa shape index (κ1) is 16.3. The van der Waals surface area contributed by atoms with Gasteiger partial charge in [-0.1, -0.05) is 20.8 Å². The van der Waals surface area contributed by atoms with Gasteiger partial charge in [-0.25, -0.2) is 0 Å². The fourth-order valence-electron chi connectivity index (χ4n) is 3.83. The van der Waals surface area contributed by atoms with Crippen LogP contribution in [0.3, 0.4) is 0 Å². The minimum Gasteiger partial charge on any atom is -0.316 e. The number of fused-ring (bicyclic) bond motifs is 1. The average molecular weight is 281 g/mol. The molecule has 2 fully saturated rings. The van der Waals surface area contributed by atoms with Gasteiger partial charge in [0, 0.05) is 25.7 Å². The highest BCUT2D eigenvalue weighted by molar-refractivity contribution is 4.88. The third kappa shape index (κ3) is 4.44. The first-order valence-corrected chi connectivity index (χ1v) is 8.84. The Bertz CT molecular complexity index is 281. The van der Waals surface area contributed by atoms with Crippen molar-refractivity contribution in [3.8, 4) is 0 Å². The molecule has 2 atom stereocenters. The van der Waals surface area contributed by atoms with Crippen LogP contribution in [0, 0.1) is 5.41 Å². The largest absolute Gasteiger partial charge is 0.316 e. The smallest absolute Gasteiger partial charge is 0.0223 e. The van der Waals surface area contributed by atoms with Crippen LogP contribution < -0.4 is 5.32 Å². The van der Waals surface area contributed by atoms with Crippen molar-refractivity contribution in [3.63, 3.8) is 0 Å². The fraction of sp³-hybridized carbons (Fsp3) is 1.00. The summed E-state index contributed by atoms with van der Waals surface area (Å²) >= 11 is 0. The van der Waals surface area contributed by atoms with Crippen LogP contribution in [-0.2, 0) is 0 Å². The maximum absolute atomic E-state index is 3.64. The SMILES string of the molecule is CCCNCC(C)(CC)CN1CCCN2CCCC2C1. The second-order valence-corrected chi connectivity index (χ2v) is 7.26. The van der Waals surface area contributed by atoms with Crippen LogP contribution in [0.4, 0.5) is 0 Å². The number of hydrogen-bond acceptors (Lipinski definition) is 3. The van der Waals surface area contributed by atoms with Crippen LogP contribution in [0.25, 0.3) is 0 Å². The highest BCUT2D eigenvalue weighted by Crippen LogP contribution is 2.26. The molecular weight excluding hydrogens is 246 g/mol. The van der Waals surface area contributed by atoms with Gasteiger partial charge in [-0.15, -0.1) is 0 Å². The second kappa shape index (κ2) is 7.77. The number of nitrogens with one attached hydrogen (secondary N) is 1. The Kier molecular flexibility index (Phi) is 6.31. The van der Waals surface area contributed by atoms with Gasteiger partial charge in [0.2, 0.25) is 0 Å². The average Bonchev–Trinajstić information content (AvgIpc) is 2.78. The number of hydrogen-bond donors (Lipinski definition) is 1. The number of nitrogens with zero attached hydrogens (tertiary/aromatic N) is 2. The zero-order valence-corrected chi connectivity index (χ0v) is 14.0. The summed E-state index contributed by atoms with van der Waals surface area (Å²) in [5.41, 5.74) is 0.433. The van der Waals surface area contributed by atoms with Gasteiger partial charge in [-0.2, -0.15) is 0 Å². The molecule has 2 heterocycles. The molecule has 2 unspecified atom stereocenters. The van der Waals surface area contributed by atoms with E-state index in [0.717, 1.165) is 12.6 Å². The molecule has 0 aliphatic carbocycles. The summed E-state index contributed by atoms with van der Waals surface area (Å²) in [6.45, 7) is 16.0. The molecule has 20 heavy (non-hydrogen) atoms. The van der Waals surface area contributed by atoms with Crippen LogP contribution >= 0.6 is 0 Å². The van der Waals surface area contributed by atoms with Crippen molar-refractivity contribution < 1.29 is 0 Å². The van der Waals surface area contributed by atoms with E-state index in [1.807, 2.05) is 0 Å². The molecule has 2 saturated heterocycles. The first-order chi connectivity index (χ1) is 9.67. The van der Waals surface area contributed by atoms with Crippen LogP contribution in [0.5, 0.6) is 0 Å². The highest BCUT2D eigenvalue weighted by atomic mass is 15.3. The minimum absolute atomic E-state index is 0.433. The Balaban J connectivity index is 1.85. The zero-order chi connectivity index (χ0) is 14.4. The van der Waals surface area contributed by atoms with E-state index in [9.17, 15) is 0 Å². The van der Waals surface area contributed by atoms with E-state index in [0.29, 0.717) is 5.41 Å². The van der Waals surface area contributed by atoms with E-state index in [1.165, 1.54) is 71.4 Å². The monoisotopic (exact) mass is 281 g/mol. The summed E-state index contributed by atoms with van der Waals surface area (Å²) in [5, 5.41) is 3.64. The quantitative estimate of drug-likeness (QED) is 0.724. The Morgan fingerprint density at radius 1 is 1.15 bits per heavy atom. The van der Waals surface area contributed by atoms with Crippen molar-refractivity contribution in [1.29, 1.82) is 0 Å². The maximum Gasteiger partial charge on any atom is 0.0223 e. The van der Waals surface area contributed by atoms with Gasteiger partial charge in [0.1, 0.15) is 0 Å². The normalized spacial score (nSPS) is 28.1. The van der Waals surface area contributed by atoms with E-state index in [2.05, 4.69) is 35.9 Å². The summed E-state index contributed by atoms with van der Waals surface area (Å²) in [6, 6.07) is 0.849. The molecule has 3 nitrogen and oxygen atoms in total. The maximum atomic E-state index is 3.64. The van der Waals surface area contributed by atoms with Crippen molar-refractivity contribution in [3.05, 3.63) is 0 Å². The van der Waals surface area contributed by atoms with Crippen LogP contribution in [0.2, 0.25) is 0 Å². The van der Waals surface area contributed by atoms with E-state index in [-0.39, 0.29) is 0 Å². The third-order valence-corrected chi connectivity index (χ3v) is 5.33. The molecule has 1 N–H and O–H groups in total. The lowest BCUT2D eigenvalue weighted by Gasteiger charge is -2.36. The summed E-state index contributed by atoms with van der Waals surface area (Å²) in [6.07, 6.45) is 6.71. The molecule has 0 radical (unpaired) electrons. The van der Waals surface area contributed by atoms with Crippen molar-refractivity contribution in [2.24, 2.45) is 5.41 Å². The van der Waals surface area contributed by atoms with Crippen LogP contribution in [0.1, 0.15) is 52.9 Å². The summed E-state index contributed by atoms with van der Waals surface area (Å²) in [4.78, 5) is 5.49. The molecule has 3 heteroatoms. The van der Waals surface area contributed by atoms with E-state index in [4.69, 9.17) is 0 Å². The van der Waals surface area contributed by atoms with E-state index < -0.39 is 0 Å². The zero-order valence-electron chi connectivity index (χ0n) is 14.0. The lowest BCUT2D eigenvalue weighted by Crippen LogP contribution is -2.45. The number of rotatable bonds is 7. The molecule has 0 saturated carbocycles. The predicted molar refractivity (Wildman–Crippen MR) is 87.2 cm³/mol. The Morgan fingerprint density at radius 2 is 1.95 bits per heavy atom. The molecule has 0 aromatic carbocycles. The second-order valence-electron chi connectivity index (χ2n) is 7.26. The van der Waals surface area contributed by atoms with Gasteiger partial charge in [-0.3, -0.25) is 4.90 Å². The molecule has 2 rings (SSSR count). The van der Waals surface area contributed by atoms with Crippen molar-refractivity contribution in [1.82, 2.24) is 15.1 Å². The molecule has 118 valence electrons. The lowest BCUT2D eigenvalue weighted by atomic mass is 9.86. The van der Waals surface area contributed by atoms with Crippen molar-refractivity contribution >= 4 is 0 Å². The summed E-state index contributed by atoms with van der Waals surface area (Å²) in [5.74, 6) is 0. The molecule has 0 spiro atoms. The van der Waals surface area contributed by atoms with Crippen molar-refractivity contribution in [2.75, 3.05) is 45.8 Å². The van der Waals surface area contributed by atoms with Crippen molar-refractivity contribution in [2.45, 2.75) is 58.9 Å². The topological polar surface area (TPSA) is 18.5 Å². The minimum atomic E-state index is 0.433. The van der Waals surface area contributed by atoms with Crippen LogP contribution in [0.15, 0.2) is 0 Å². The predicted octanol–water partition coefficient (Wildman–Crippen LogP) is 2.57. The van der Waals surface area contributed by atoms with E-state index in [1.54, 1.807) is 0 Å². The first-order valence-electron chi connectivity index (χ1n) is 8.84. The van der Waals surface area contributed by atoms with Gasteiger partial charge >= 0.3 is 0 Å². The van der Waals surface area contributed by atoms with E-state index >= 15 is 0 Å². The Morgan fingerprint density at radius 3 is 2.70 bits per heavy atom. The van der Waals surface area contributed by atoms with Gasteiger partial charge in [0.25, 0.3) is 0 Å². The molecule has 2 aliphatic heterocycles. The van der Waals surface area contributed by atoms with Crippen LogP contribution in [-0.4, -0.2) is 61.7 Å². The molecule has 0 aromatic rings. The summed E-state index contributed by atoms with van der Waals surface area (Å²) in [7, 11) is 0. The fourth-order valence-corrected chi connectivity index (χ4v) is 3.83. The lowest BCUT2D eigenvalue weighted by molar-refractivity contribution is 0.143. The van der Waals surface area contributed by atoms with Gasteiger partial charge in [0.15, 0.2) is 0 Å². The summed E-state index contributed by atoms with van der Waals surface area (Å²) < 4.78 is 0. The molecule has 0 amide bonds. The molecule has 0 bridgehead atoms. The van der Waals surface area contributed by atoms with Gasteiger partial charge < -0.3 is 10.2 Å². The Hall–Kier alpha value is -0.120. The molecule has 2 aliphatic rings. The van der Waals surface area contributed by atoms with Gasteiger partial charge in [0.05, 0.1) is 0 Å².